The van der Waals surface area contributed by atoms with Crippen molar-refractivity contribution in [2.45, 2.75) is 12.0 Å². The molecular formula is C15H14N2O. The molecule has 0 saturated carbocycles. The van der Waals surface area contributed by atoms with Gasteiger partial charge in [0.05, 0.1) is 5.69 Å². The zero-order chi connectivity index (χ0) is 12.6. The van der Waals surface area contributed by atoms with Crippen molar-refractivity contribution in [2.24, 2.45) is 10.7 Å². The van der Waals surface area contributed by atoms with Gasteiger partial charge in [0.25, 0.3) is 0 Å². The van der Waals surface area contributed by atoms with Crippen molar-refractivity contribution in [3.05, 3.63) is 65.7 Å². The van der Waals surface area contributed by atoms with Crippen molar-refractivity contribution in [1.29, 1.82) is 0 Å². The molecule has 2 aromatic rings. The zero-order valence-electron chi connectivity index (χ0n) is 9.88. The van der Waals surface area contributed by atoms with E-state index in [1.807, 2.05) is 54.6 Å². The maximum absolute atomic E-state index is 10.8. The molecule has 1 aliphatic rings. The van der Waals surface area contributed by atoms with Gasteiger partial charge in [-0.05, 0) is 11.6 Å². The Morgan fingerprint density at radius 2 is 1.67 bits per heavy atom. The first-order valence-electron chi connectivity index (χ1n) is 5.90. The molecule has 1 heterocycles. The van der Waals surface area contributed by atoms with Crippen LogP contribution in [0.1, 0.15) is 11.1 Å². The molecule has 0 amide bonds. The minimum absolute atomic E-state index is 0.271. The van der Waals surface area contributed by atoms with Crippen molar-refractivity contribution in [2.75, 3.05) is 0 Å². The predicted octanol–water partition coefficient (Wildman–Crippen LogP) is 2.12. The van der Waals surface area contributed by atoms with Crippen molar-refractivity contribution in [3.8, 4) is 0 Å². The van der Waals surface area contributed by atoms with Crippen molar-refractivity contribution in [1.82, 2.24) is 0 Å². The summed E-state index contributed by atoms with van der Waals surface area (Å²) in [6.07, 6.45) is 0.445. The van der Waals surface area contributed by atoms with Crippen molar-refractivity contribution >= 4 is 11.5 Å². The molecule has 18 heavy (non-hydrogen) atoms. The number of nitrogens with zero attached hydrogens (tertiary/aromatic N) is 1. The zero-order valence-corrected chi connectivity index (χ0v) is 9.88. The van der Waals surface area contributed by atoms with Crippen LogP contribution in [-0.4, -0.2) is 10.9 Å². The Kier molecular flexibility index (Phi) is 2.42. The minimum atomic E-state index is -1.18. The largest absolute Gasteiger partial charge is 0.384 e. The molecule has 0 bridgehead atoms. The normalized spacial score (nSPS) is 21.5. The summed E-state index contributed by atoms with van der Waals surface area (Å²) in [5, 5.41) is 10.8. The minimum Gasteiger partial charge on any atom is -0.384 e. The number of hydrogen-bond donors (Lipinski definition) is 2. The van der Waals surface area contributed by atoms with Crippen LogP contribution in [0.3, 0.4) is 0 Å². The third-order valence-corrected chi connectivity index (χ3v) is 3.32. The van der Waals surface area contributed by atoms with Crippen LogP contribution < -0.4 is 5.73 Å². The molecule has 0 saturated heterocycles. The number of aliphatic hydroxyl groups is 1. The standard InChI is InChI=1S/C15H14N2O/c16-14-15(18,10-11-6-2-1-3-7-11)12-8-4-5-9-13(12)17-14/h1-9,18H,10H2,(H2,16,17). The molecule has 0 radical (unpaired) electrons. The lowest BCUT2D eigenvalue weighted by Crippen LogP contribution is -2.40. The van der Waals surface area contributed by atoms with Crippen LogP contribution in [0.5, 0.6) is 0 Å². The number of amidine groups is 1. The molecule has 1 aliphatic heterocycles. The van der Waals surface area contributed by atoms with Crippen LogP contribution in [0.25, 0.3) is 0 Å². The summed E-state index contributed by atoms with van der Waals surface area (Å²) in [6.45, 7) is 0. The highest BCUT2D eigenvalue weighted by Crippen LogP contribution is 2.38. The van der Waals surface area contributed by atoms with E-state index in [0.717, 1.165) is 16.8 Å². The molecular weight excluding hydrogens is 224 g/mol. The van der Waals surface area contributed by atoms with Gasteiger partial charge in [-0.3, -0.25) is 0 Å². The lowest BCUT2D eigenvalue weighted by molar-refractivity contribution is 0.114. The third-order valence-electron chi connectivity index (χ3n) is 3.32. The fraction of sp³-hybridized carbons (Fsp3) is 0.133. The third kappa shape index (κ3) is 1.60. The molecule has 1 atom stereocenters. The van der Waals surface area contributed by atoms with Crippen LogP contribution in [0.2, 0.25) is 0 Å². The van der Waals surface area contributed by atoms with Gasteiger partial charge < -0.3 is 10.8 Å². The summed E-state index contributed by atoms with van der Waals surface area (Å²) in [6, 6.07) is 17.3. The van der Waals surface area contributed by atoms with Gasteiger partial charge in [-0.25, -0.2) is 4.99 Å². The fourth-order valence-electron chi connectivity index (χ4n) is 2.36. The van der Waals surface area contributed by atoms with Crippen molar-refractivity contribution in [3.63, 3.8) is 0 Å². The van der Waals surface area contributed by atoms with Crippen LogP contribution in [-0.2, 0) is 12.0 Å². The van der Waals surface area contributed by atoms with E-state index >= 15 is 0 Å². The molecule has 0 fully saturated rings. The summed E-state index contributed by atoms with van der Waals surface area (Å²) in [4.78, 5) is 4.25. The molecule has 2 aromatic carbocycles. The highest BCUT2D eigenvalue weighted by Gasteiger charge is 2.40. The van der Waals surface area contributed by atoms with Gasteiger partial charge in [0.2, 0.25) is 0 Å². The van der Waals surface area contributed by atoms with Gasteiger partial charge in [-0.1, -0.05) is 48.5 Å². The van der Waals surface area contributed by atoms with E-state index in [1.165, 1.54) is 0 Å². The number of hydrogen-bond acceptors (Lipinski definition) is 3. The predicted molar refractivity (Wildman–Crippen MR) is 71.8 cm³/mol. The van der Waals surface area contributed by atoms with E-state index in [0.29, 0.717) is 6.42 Å². The SMILES string of the molecule is NC1=Nc2ccccc2C1(O)Cc1ccccc1. The number of para-hydroxylation sites is 1. The van der Waals surface area contributed by atoms with Crippen LogP contribution in [0, 0.1) is 0 Å². The Labute approximate surface area is 106 Å². The molecule has 3 nitrogen and oxygen atoms in total. The highest BCUT2D eigenvalue weighted by molar-refractivity contribution is 5.97. The maximum Gasteiger partial charge on any atom is 0.152 e. The lowest BCUT2D eigenvalue weighted by atomic mass is 9.87. The Morgan fingerprint density at radius 3 is 2.44 bits per heavy atom. The summed E-state index contributed by atoms with van der Waals surface area (Å²) in [7, 11) is 0. The highest BCUT2D eigenvalue weighted by atomic mass is 16.3. The topological polar surface area (TPSA) is 58.6 Å². The van der Waals surface area contributed by atoms with E-state index in [-0.39, 0.29) is 5.84 Å². The molecule has 0 aromatic heterocycles. The van der Waals surface area contributed by atoms with Gasteiger partial charge in [0.15, 0.2) is 5.60 Å². The van der Waals surface area contributed by atoms with Crippen LogP contribution in [0.4, 0.5) is 5.69 Å². The Balaban J connectivity index is 2.03. The monoisotopic (exact) mass is 238 g/mol. The number of rotatable bonds is 2. The van der Waals surface area contributed by atoms with Crippen LogP contribution >= 0.6 is 0 Å². The number of benzene rings is 2. The average molecular weight is 238 g/mol. The summed E-state index contributed by atoms with van der Waals surface area (Å²) >= 11 is 0. The smallest absolute Gasteiger partial charge is 0.152 e. The molecule has 1 unspecified atom stereocenters. The van der Waals surface area contributed by atoms with Crippen molar-refractivity contribution < 1.29 is 5.11 Å². The Hall–Kier alpha value is -2.13. The molecule has 3 N–H and O–H groups in total. The Morgan fingerprint density at radius 1 is 1.00 bits per heavy atom. The van der Waals surface area contributed by atoms with Gasteiger partial charge in [-0.2, -0.15) is 0 Å². The first-order chi connectivity index (χ1) is 8.70. The Bertz CT molecular complexity index is 607. The molecule has 3 rings (SSSR count). The number of aliphatic imine (C=N–C) groups is 1. The average Bonchev–Trinajstić information content (AvgIpc) is 2.63. The summed E-state index contributed by atoms with van der Waals surface area (Å²) < 4.78 is 0. The van der Waals surface area contributed by atoms with E-state index in [9.17, 15) is 5.11 Å². The summed E-state index contributed by atoms with van der Waals surface area (Å²) in [5.74, 6) is 0.271. The van der Waals surface area contributed by atoms with E-state index < -0.39 is 5.60 Å². The van der Waals surface area contributed by atoms with Gasteiger partial charge in [-0.15, -0.1) is 0 Å². The summed E-state index contributed by atoms with van der Waals surface area (Å²) in [5.41, 5.74) is 7.31. The van der Waals surface area contributed by atoms with E-state index in [4.69, 9.17) is 5.73 Å². The molecule has 90 valence electrons. The maximum atomic E-state index is 10.8. The van der Waals surface area contributed by atoms with E-state index in [2.05, 4.69) is 4.99 Å². The van der Waals surface area contributed by atoms with Crippen LogP contribution in [0.15, 0.2) is 59.6 Å². The first kappa shape index (κ1) is 11.0. The lowest BCUT2D eigenvalue weighted by Gasteiger charge is -2.24. The van der Waals surface area contributed by atoms with Gasteiger partial charge in [0, 0.05) is 12.0 Å². The van der Waals surface area contributed by atoms with Gasteiger partial charge in [0.1, 0.15) is 5.84 Å². The fourth-order valence-corrected chi connectivity index (χ4v) is 2.36. The quantitative estimate of drug-likeness (QED) is 0.842. The second kappa shape index (κ2) is 3.96. The number of nitrogens with two attached hydrogens (primary N) is 1. The molecule has 0 aliphatic carbocycles. The molecule has 3 heteroatoms. The second-order valence-corrected chi connectivity index (χ2v) is 4.54. The molecule has 0 spiro atoms. The van der Waals surface area contributed by atoms with E-state index in [1.54, 1.807) is 0 Å². The number of fused-ring (bicyclic) bond motifs is 1. The first-order valence-corrected chi connectivity index (χ1v) is 5.90. The second-order valence-electron chi connectivity index (χ2n) is 4.54. The van der Waals surface area contributed by atoms with Gasteiger partial charge >= 0.3 is 0 Å².